The van der Waals surface area contributed by atoms with Crippen molar-refractivity contribution in [1.29, 1.82) is 0 Å². The zero-order valence-electron chi connectivity index (χ0n) is 9.91. The molecule has 0 aliphatic carbocycles. The summed E-state index contributed by atoms with van der Waals surface area (Å²) in [6.45, 7) is 4.61. The van der Waals surface area contributed by atoms with Crippen LogP contribution in [0, 0.1) is 0 Å². The van der Waals surface area contributed by atoms with Crippen LogP contribution in [0.25, 0.3) is 0 Å². The van der Waals surface area contributed by atoms with Gasteiger partial charge in [0.1, 0.15) is 0 Å². The molecule has 0 bridgehead atoms. The summed E-state index contributed by atoms with van der Waals surface area (Å²) < 4.78 is 11.0. The Hall–Kier alpha value is -0.120. The molecule has 2 N–H and O–H groups in total. The minimum absolute atomic E-state index is 0.206. The fraction of sp³-hybridized carbons (Fsp3) is 1.00. The fourth-order valence-corrected chi connectivity index (χ4v) is 1.94. The fourth-order valence-electron chi connectivity index (χ4n) is 1.94. The first-order valence-electron chi connectivity index (χ1n) is 6.28. The molecular formula is C12H25NO2. The van der Waals surface area contributed by atoms with Gasteiger partial charge in [0.2, 0.25) is 0 Å². The Kier molecular flexibility index (Phi) is 6.98. The van der Waals surface area contributed by atoms with Crippen molar-refractivity contribution in [1.82, 2.24) is 0 Å². The highest BCUT2D eigenvalue weighted by molar-refractivity contribution is 4.67. The minimum atomic E-state index is 0.206. The van der Waals surface area contributed by atoms with Gasteiger partial charge in [-0.25, -0.2) is 0 Å². The number of nitrogens with two attached hydrogens (primary N) is 1. The second-order valence-corrected chi connectivity index (χ2v) is 4.40. The highest BCUT2D eigenvalue weighted by atomic mass is 16.5. The molecule has 0 radical (unpaired) electrons. The van der Waals surface area contributed by atoms with Gasteiger partial charge < -0.3 is 15.2 Å². The highest BCUT2D eigenvalue weighted by Crippen LogP contribution is 2.17. The van der Waals surface area contributed by atoms with Gasteiger partial charge in [0, 0.05) is 19.3 Å². The van der Waals surface area contributed by atoms with Crippen LogP contribution in [-0.2, 0) is 9.47 Å². The molecule has 3 heteroatoms. The van der Waals surface area contributed by atoms with E-state index in [0.717, 1.165) is 26.1 Å². The Morgan fingerprint density at radius 1 is 1.53 bits per heavy atom. The average molecular weight is 215 g/mol. The molecule has 0 saturated carbocycles. The normalized spacial score (nSPS) is 23.2. The second kappa shape index (κ2) is 8.08. The Bertz CT molecular complexity index is 147. The molecular weight excluding hydrogens is 190 g/mol. The van der Waals surface area contributed by atoms with Crippen molar-refractivity contribution in [3.63, 3.8) is 0 Å². The van der Waals surface area contributed by atoms with Crippen LogP contribution >= 0.6 is 0 Å². The minimum Gasteiger partial charge on any atom is -0.380 e. The lowest BCUT2D eigenvalue weighted by Crippen LogP contribution is -2.26. The van der Waals surface area contributed by atoms with E-state index in [1.807, 2.05) is 0 Å². The molecule has 0 amide bonds. The van der Waals surface area contributed by atoms with Crippen molar-refractivity contribution in [2.75, 3.05) is 19.8 Å². The smallest absolute Gasteiger partial charge is 0.0617 e. The third kappa shape index (κ3) is 6.13. The first-order chi connectivity index (χ1) is 7.33. The first-order valence-corrected chi connectivity index (χ1v) is 6.28. The molecule has 15 heavy (non-hydrogen) atoms. The van der Waals surface area contributed by atoms with Gasteiger partial charge in [-0.05, 0) is 38.5 Å². The summed E-state index contributed by atoms with van der Waals surface area (Å²) in [5.41, 5.74) is 5.93. The molecule has 0 spiro atoms. The highest BCUT2D eigenvalue weighted by Gasteiger charge is 2.15. The zero-order valence-corrected chi connectivity index (χ0v) is 9.91. The maximum atomic E-state index is 5.93. The maximum absolute atomic E-state index is 5.93. The molecule has 2 atom stereocenters. The lowest BCUT2D eigenvalue weighted by Gasteiger charge is -2.13. The summed E-state index contributed by atoms with van der Waals surface area (Å²) in [6, 6.07) is 0.206. The number of ether oxygens (including phenoxy) is 2. The van der Waals surface area contributed by atoms with Crippen molar-refractivity contribution >= 4 is 0 Å². The Morgan fingerprint density at radius 3 is 3.07 bits per heavy atom. The molecule has 1 fully saturated rings. The maximum Gasteiger partial charge on any atom is 0.0617 e. The van der Waals surface area contributed by atoms with Crippen LogP contribution in [0.4, 0.5) is 0 Å². The topological polar surface area (TPSA) is 44.5 Å². The van der Waals surface area contributed by atoms with Crippen molar-refractivity contribution in [2.45, 2.75) is 57.6 Å². The first kappa shape index (κ1) is 12.9. The summed E-state index contributed by atoms with van der Waals surface area (Å²) >= 11 is 0. The zero-order chi connectivity index (χ0) is 10.9. The molecule has 3 nitrogen and oxygen atoms in total. The van der Waals surface area contributed by atoms with Crippen molar-refractivity contribution in [3.8, 4) is 0 Å². The largest absolute Gasteiger partial charge is 0.380 e. The van der Waals surface area contributed by atoms with Gasteiger partial charge in [0.15, 0.2) is 0 Å². The third-order valence-corrected chi connectivity index (χ3v) is 2.81. The molecule has 0 aromatic carbocycles. The SMILES string of the molecule is CCCOCC(N)CCCC1CCCO1. The molecule has 90 valence electrons. The van der Waals surface area contributed by atoms with Gasteiger partial charge in [0.25, 0.3) is 0 Å². The van der Waals surface area contributed by atoms with E-state index in [9.17, 15) is 0 Å². The number of rotatable bonds is 8. The van der Waals surface area contributed by atoms with Crippen molar-refractivity contribution in [2.24, 2.45) is 5.73 Å². The molecule has 2 unspecified atom stereocenters. The Morgan fingerprint density at radius 2 is 2.40 bits per heavy atom. The van der Waals surface area contributed by atoms with Crippen LogP contribution in [-0.4, -0.2) is 32.0 Å². The quantitative estimate of drug-likeness (QED) is 0.631. The van der Waals surface area contributed by atoms with Gasteiger partial charge in [-0.15, -0.1) is 0 Å². The molecule has 1 saturated heterocycles. The summed E-state index contributed by atoms with van der Waals surface area (Å²) in [5.74, 6) is 0. The van der Waals surface area contributed by atoms with Crippen LogP contribution in [0.1, 0.15) is 45.4 Å². The van der Waals surface area contributed by atoms with Gasteiger partial charge in [0.05, 0.1) is 12.7 Å². The average Bonchev–Trinajstić information content (AvgIpc) is 2.71. The molecule has 0 aromatic rings. The van der Waals surface area contributed by atoms with Crippen LogP contribution < -0.4 is 5.73 Å². The van der Waals surface area contributed by atoms with Gasteiger partial charge in [-0.3, -0.25) is 0 Å². The number of hydrogen-bond acceptors (Lipinski definition) is 3. The van der Waals surface area contributed by atoms with Gasteiger partial charge in [-0.2, -0.15) is 0 Å². The van der Waals surface area contributed by atoms with Crippen LogP contribution in [0.2, 0.25) is 0 Å². The Balaban J connectivity index is 1.89. The van der Waals surface area contributed by atoms with Crippen molar-refractivity contribution < 1.29 is 9.47 Å². The van der Waals surface area contributed by atoms with E-state index < -0.39 is 0 Å². The molecule has 0 aromatic heterocycles. The molecule has 1 heterocycles. The van der Waals surface area contributed by atoms with Gasteiger partial charge >= 0.3 is 0 Å². The van der Waals surface area contributed by atoms with Gasteiger partial charge in [-0.1, -0.05) is 6.92 Å². The predicted molar refractivity (Wildman–Crippen MR) is 61.9 cm³/mol. The monoisotopic (exact) mass is 215 g/mol. The summed E-state index contributed by atoms with van der Waals surface area (Å²) in [5, 5.41) is 0. The van der Waals surface area contributed by atoms with Crippen LogP contribution in [0.3, 0.4) is 0 Å². The molecule has 1 aliphatic heterocycles. The van der Waals surface area contributed by atoms with Crippen LogP contribution in [0.15, 0.2) is 0 Å². The lowest BCUT2D eigenvalue weighted by atomic mass is 10.1. The summed E-state index contributed by atoms with van der Waals surface area (Å²) in [6.07, 6.45) is 7.45. The standard InChI is InChI=1S/C12H25NO2/c1-2-8-14-10-11(13)5-3-6-12-7-4-9-15-12/h11-12H,2-10,13H2,1H3. The second-order valence-electron chi connectivity index (χ2n) is 4.40. The summed E-state index contributed by atoms with van der Waals surface area (Å²) in [4.78, 5) is 0. The van der Waals surface area contributed by atoms with E-state index in [4.69, 9.17) is 15.2 Å². The lowest BCUT2D eigenvalue weighted by molar-refractivity contribution is 0.0961. The van der Waals surface area contributed by atoms with E-state index in [1.165, 1.54) is 25.7 Å². The molecule has 1 aliphatic rings. The van der Waals surface area contributed by atoms with E-state index in [0.29, 0.717) is 12.7 Å². The Labute approximate surface area is 93.3 Å². The third-order valence-electron chi connectivity index (χ3n) is 2.81. The number of hydrogen-bond donors (Lipinski definition) is 1. The van der Waals surface area contributed by atoms with E-state index >= 15 is 0 Å². The van der Waals surface area contributed by atoms with Crippen LogP contribution in [0.5, 0.6) is 0 Å². The van der Waals surface area contributed by atoms with E-state index in [2.05, 4.69) is 6.92 Å². The predicted octanol–water partition coefficient (Wildman–Crippen LogP) is 2.09. The van der Waals surface area contributed by atoms with E-state index in [-0.39, 0.29) is 6.04 Å². The molecule has 1 rings (SSSR count). The van der Waals surface area contributed by atoms with E-state index in [1.54, 1.807) is 0 Å². The summed E-state index contributed by atoms with van der Waals surface area (Å²) in [7, 11) is 0. The van der Waals surface area contributed by atoms with Crippen molar-refractivity contribution in [3.05, 3.63) is 0 Å².